The molecule has 0 unspecified atom stereocenters. The molecule has 0 fully saturated rings. The van der Waals surface area contributed by atoms with Crippen LogP contribution in [0.1, 0.15) is 22.3 Å². The Morgan fingerprint density at radius 3 is 2.64 bits per heavy atom. The van der Waals surface area contributed by atoms with E-state index in [9.17, 15) is 4.79 Å². The Bertz CT molecular complexity index is 772. The zero-order valence-electron chi connectivity index (χ0n) is 12.9. The van der Waals surface area contributed by atoms with E-state index in [0.717, 1.165) is 38.7 Å². The SMILES string of the molecule is Cc1cc(C2=NCC(=O)N(C)c3ccccc32)cc(Cl)c1C. The lowest BCUT2D eigenvalue weighted by Gasteiger charge is -2.18. The van der Waals surface area contributed by atoms with Crippen molar-refractivity contribution in [1.82, 2.24) is 0 Å². The van der Waals surface area contributed by atoms with E-state index < -0.39 is 0 Å². The van der Waals surface area contributed by atoms with E-state index in [1.165, 1.54) is 0 Å². The predicted octanol–water partition coefficient (Wildman–Crippen LogP) is 3.77. The summed E-state index contributed by atoms with van der Waals surface area (Å²) in [4.78, 5) is 18.3. The fourth-order valence-corrected chi connectivity index (χ4v) is 2.91. The normalized spacial score (nSPS) is 14.5. The fraction of sp³-hybridized carbons (Fsp3) is 0.222. The number of para-hydroxylation sites is 1. The van der Waals surface area contributed by atoms with Gasteiger partial charge >= 0.3 is 0 Å². The monoisotopic (exact) mass is 312 g/mol. The molecular formula is C18H17ClN2O. The number of aliphatic imine (C=N–C) groups is 1. The first kappa shape index (κ1) is 14.8. The van der Waals surface area contributed by atoms with Gasteiger partial charge in [-0.15, -0.1) is 0 Å². The largest absolute Gasteiger partial charge is 0.313 e. The van der Waals surface area contributed by atoms with E-state index >= 15 is 0 Å². The lowest BCUT2D eigenvalue weighted by molar-refractivity contribution is -0.116. The van der Waals surface area contributed by atoms with Gasteiger partial charge in [0, 0.05) is 23.2 Å². The van der Waals surface area contributed by atoms with Crippen molar-refractivity contribution in [2.75, 3.05) is 18.5 Å². The van der Waals surface area contributed by atoms with Gasteiger partial charge in [0.1, 0.15) is 6.54 Å². The van der Waals surface area contributed by atoms with Gasteiger partial charge in [-0.25, -0.2) is 0 Å². The van der Waals surface area contributed by atoms with Gasteiger partial charge in [0.2, 0.25) is 5.91 Å². The minimum absolute atomic E-state index is 0.0163. The summed E-state index contributed by atoms with van der Waals surface area (Å²) in [5, 5.41) is 0.721. The molecule has 112 valence electrons. The van der Waals surface area contributed by atoms with Crippen molar-refractivity contribution in [3.8, 4) is 0 Å². The van der Waals surface area contributed by atoms with Crippen molar-refractivity contribution in [3.05, 3.63) is 63.7 Å². The number of nitrogens with zero attached hydrogens (tertiary/aromatic N) is 2. The number of rotatable bonds is 1. The second kappa shape index (κ2) is 5.58. The molecule has 2 aromatic rings. The van der Waals surface area contributed by atoms with Crippen LogP contribution in [0, 0.1) is 13.8 Å². The highest BCUT2D eigenvalue weighted by Gasteiger charge is 2.22. The molecule has 0 atom stereocenters. The maximum atomic E-state index is 12.1. The van der Waals surface area contributed by atoms with Crippen LogP contribution in [0.4, 0.5) is 5.69 Å². The Balaban J connectivity index is 2.22. The molecule has 3 rings (SSSR count). The van der Waals surface area contributed by atoms with Crippen LogP contribution in [-0.2, 0) is 4.79 Å². The molecular weight excluding hydrogens is 296 g/mol. The number of carbonyl (C=O) groups is 1. The van der Waals surface area contributed by atoms with Crippen LogP contribution in [-0.4, -0.2) is 25.2 Å². The molecule has 4 heteroatoms. The summed E-state index contributed by atoms with van der Waals surface area (Å²) < 4.78 is 0. The van der Waals surface area contributed by atoms with Crippen LogP contribution < -0.4 is 4.90 Å². The maximum Gasteiger partial charge on any atom is 0.248 e. The van der Waals surface area contributed by atoms with E-state index in [4.69, 9.17) is 11.6 Å². The zero-order valence-corrected chi connectivity index (χ0v) is 13.6. The third kappa shape index (κ3) is 2.42. The van der Waals surface area contributed by atoms with E-state index in [1.807, 2.05) is 44.2 Å². The molecule has 1 amide bonds. The number of likely N-dealkylation sites (N-methyl/N-ethyl adjacent to an activating group) is 1. The minimum Gasteiger partial charge on any atom is -0.313 e. The van der Waals surface area contributed by atoms with Gasteiger partial charge in [0.25, 0.3) is 0 Å². The summed E-state index contributed by atoms with van der Waals surface area (Å²) in [6.07, 6.45) is 0. The number of carbonyl (C=O) groups excluding carboxylic acids is 1. The van der Waals surface area contributed by atoms with Gasteiger partial charge in [-0.3, -0.25) is 9.79 Å². The number of amides is 1. The van der Waals surface area contributed by atoms with Gasteiger partial charge in [-0.05, 0) is 43.2 Å². The summed E-state index contributed by atoms with van der Waals surface area (Å²) in [5.74, 6) is -0.0163. The lowest BCUT2D eigenvalue weighted by Crippen LogP contribution is -2.27. The first-order chi connectivity index (χ1) is 10.5. The molecule has 1 aliphatic rings. The molecule has 0 spiro atoms. The summed E-state index contributed by atoms with van der Waals surface area (Å²) >= 11 is 6.33. The molecule has 22 heavy (non-hydrogen) atoms. The standard InChI is InChI=1S/C18H17ClN2O/c1-11-8-13(9-15(19)12(11)2)18-14-6-4-5-7-16(14)21(3)17(22)10-20-18/h4-9H,10H2,1-3H3. The van der Waals surface area contributed by atoms with Crippen LogP contribution in [0.3, 0.4) is 0 Å². The first-order valence-corrected chi connectivity index (χ1v) is 7.54. The van der Waals surface area contributed by atoms with Crippen molar-refractivity contribution >= 4 is 28.9 Å². The molecule has 0 aromatic heterocycles. The number of anilines is 1. The van der Waals surface area contributed by atoms with Crippen LogP contribution in [0.15, 0.2) is 41.4 Å². The molecule has 0 bridgehead atoms. The van der Waals surface area contributed by atoms with Crippen LogP contribution in [0.5, 0.6) is 0 Å². The summed E-state index contributed by atoms with van der Waals surface area (Å²) in [5.41, 5.74) is 5.78. The number of fused-ring (bicyclic) bond motifs is 1. The van der Waals surface area contributed by atoms with Crippen molar-refractivity contribution in [2.45, 2.75) is 13.8 Å². The van der Waals surface area contributed by atoms with Gasteiger partial charge in [-0.1, -0.05) is 29.8 Å². The molecule has 1 heterocycles. The number of hydrogen-bond acceptors (Lipinski definition) is 2. The highest BCUT2D eigenvalue weighted by Crippen LogP contribution is 2.28. The summed E-state index contributed by atoms with van der Waals surface area (Å²) in [6.45, 7) is 4.18. The lowest BCUT2D eigenvalue weighted by atomic mass is 9.97. The molecule has 3 nitrogen and oxygen atoms in total. The molecule has 0 N–H and O–H groups in total. The number of hydrogen-bond donors (Lipinski definition) is 0. The van der Waals surface area contributed by atoms with Crippen molar-refractivity contribution < 1.29 is 4.79 Å². The van der Waals surface area contributed by atoms with Gasteiger partial charge < -0.3 is 4.90 Å². The molecule has 0 saturated heterocycles. The van der Waals surface area contributed by atoms with E-state index in [2.05, 4.69) is 11.1 Å². The van der Waals surface area contributed by atoms with Gasteiger partial charge in [0.15, 0.2) is 0 Å². The number of aryl methyl sites for hydroxylation is 1. The van der Waals surface area contributed by atoms with Crippen molar-refractivity contribution in [1.29, 1.82) is 0 Å². The molecule has 0 saturated carbocycles. The Hall–Kier alpha value is -2.13. The summed E-state index contributed by atoms with van der Waals surface area (Å²) in [6, 6.07) is 11.8. The van der Waals surface area contributed by atoms with Crippen LogP contribution in [0.2, 0.25) is 5.02 Å². The Labute approximate surface area is 135 Å². The van der Waals surface area contributed by atoms with Gasteiger partial charge in [0.05, 0.1) is 11.4 Å². The fourth-order valence-electron chi connectivity index (χ4n) is 2.64. The Morgan fingerprint density at radius 1 is 1.18 bits per heavy atom. The van der Waals surface area contributed by atoms with E-state index in [-0.39, 0.29) is 12.5 Å². The predicted molar refractivity (Wildman–Crippen MR) is 91.3 cm³/mol. The van der Waals surface area contributed by atoms with Crippen LogP contribution in [0.25, 0.3) is 0 Å². The number of benzene rings is 2. The summed E-state index contributed by atoms with van der Waals surface area (Å²) in [7, 11) is 1.78. The third-order valence-corrected chi connectivity index (χ3v) is 4.54. The topological polar surface area (TPSA) is 32.7 Å². The Morgan fingerprint density at radius 2 is 1.91 bits per heavy atom. The van der Waals surface area contributed by atoms with E-state index in [0.29, 0.717) is 0 Å². The average Bonchev–Trinajstić information content (AvgIpc) is 2.63. The molecule has 1 aliphatic heterocycles. The van der Waals surface area contributed by atoms with E-state index in [1.54, 1.807) is 11.9 Å². The maximum absolute atomic E-state index is 12.1. The Kier molecular flexibility index (Phi) is 3.75. The zero-order chi connectivity index (χ0) is 15.9. The second-order valence-corrected chi connectivity index (χ2v) is 5.94. The highest BCUT2D eigenvalue weighted by molar-refractivity contribution is 6.32. The van der Waals surface area contributed by atoms with Gasteiger partial charge in [-0.2, -0.15) is 0 Å². The number of benzodiazepines with no additional fused rings is 1. The molecule has 2 aromatic carbocycles. The average molecular weight is 313 g/mol. The van der Waals surface area contributed by atoms with Crippen molar-refractivity contribution in [3.63, 3.8) is 0 Å². The quantitative estimate of drug-likeness (QED) is 0.789. The first-order valence-electron chi connectivity index (χ1n) is 7.16. The molecule has 0 radical (unpaired) electrons. The second-order valence-electron chi connectivity index (χ2n) is 5.53. The minimum atomic E-state index is -0.0163. The highest BCUT2D eigenvalue weighted by atomic mass is 35.5. The number of halogens is 1. The van der Waals surface area contributed by atoms with Crippen LogP contribution >= 0.6 is 11.6 Å². The smallest absolute Gasteiger partial charge is 0.248 e. The van der Waals surface area contributed by atoms with Crippen molar-refractivity contribution in [2.24, 2.45) is 4.99 Å². The third-order valence-electron chi connectivity index (χ3n) is 4.14. The molecule has 0 aliphatic carbocycles.